The average Bonchev–Trinajstić information content (AvgIpc) is 3.02. The second-order valence-corrected chi connectivity index (χ2v) is 7.64. The van der Waals surface area contributed by atoms with Gasteiger partial charge in [0.25, 0.3) is 5.91 Å². The molecule has 0 unspecified atom stereocenters. The van der Waals surface area contributed by atoms with Gasteiger partial charge >= 0.3 is 0 Å². The number of amides is 1. The third kappa shape index (κ3) is 2.84. The van der Waals surface area contributed by atoms with E-state index in [1.54, 1.807) is 11.3 Å². The predicted octanol–water partition coefficient (Wildman–Crippen LogP) is 4.55. The molecule has 2 heterocycles. The first-order valence-electron chi connectivity index (χ1n) is 6.35. The van der Waals surface area contributed by atoms with E-state index in [-0.39, 0.29) is 5.91 Å². The van der Waals surface area contributed by atoms with E-state index >= 15 is 0 Å². The van der Waals surface area contributed by atoms with Gasteiger partial charge in [-0.1, -0.05) is 18.2 Å². The van der Waals surface area contributed by atoms with Gasteiger partial charge in [-0.25, -0.2) is 0 Å². The standard InChI is InChI=1S/C15H13BrN2OS2/c1-8-3-2-4-11-12(17)14(21-13(8)11)15(19)18-6-10-5-9(16)7-20-10/h2-5,7H,6,17H2,1H3,(H,18,19). The lowest BCUT2D eigenvalue weighted by Crippen LogP contribution is -2.22. The van der Waals surface area contributed by atoms with Crippen LogP contribution in [0, 0.1) is 6.92 Å². The Bertz CT molecular complexity index is 822. The molecule has 1 aromatic carbocycles. The van der Waals surface area contributed by atoms with Gasteiger partial charge in [-0.2, -0.15) is 0 Å². The highest BCUT2D eigenvalue weighted by molar-refractivity contribution is 9.10. The normalized spacial score (nSPS) is 11.0. The van der Waals surface area contributed by atoms with Gasteiger partial charge in [0.2, 0.25) is 0 Å². The number of hydrogen-bond donors (Lipinski definition) is 2. The SMILES string of the molecule is Cc1cccc2c(N)c(C(=O)NCc3cc(Br)cs3)sc12. The average molecular weight is 381 g/mol. The van der Waals surface area contributed by atoms with Crippen molar-refractivity contribution in [3.8, 4) is 0 Å². The van der Waals surface area contributed by atoms with Crippen molar-refractivity contribution in [3.63, 3.8) is 0 Å². The molecule has 3 N–H and O–H groups in total. The van der Waals surface area contributed by atoms with Crippen LogP contribution in [0.4, 0.5) is 5.69 Å². The Hall–Kier alpha value is -1.37. The molecule has 0 aliphatic rings. The fourth-order valence-corrected chi connectivity index (χ4v) is 4.64. The number of thiophene rings is 2. The fourth-order valence-electron chi connectivity index (χ4n) is 2.14. The van der Waals surface area contributed by atoms with Gasteiger partial charge in [-0.05, 0) is 34.5 Å². The van der Waals surface area contributed by atoms with Crippen LogP contribution in [0.1, 0.15) is 20.1 Å². The van der Waals surface area contributed by atoms with Gasteiger partial charge in [0, 0.05) is 24.8 Å². The number of nitrogen functional groups attached to an aromatic ring is 1. The van der Waals surface area contributed by atoms with E-state index in [0.717, 1.165) is 25.0 Å². The van der Waals surface area contributed by atoms with Gasteiger partial charge in [-0.15, -0.1) is 22.7 Å². The molecule has 0 fully saturated rings. The Morgan fingerprint density at radius 1 is 1.43 bits per heavy atom. The maximum absolute atomic E-state index is 12.3. The van der Waals surface area contributed by atoms with Crippen LogP contribution in [-0.4, -0.2) is 5.91 Å². The molecule has 21 heavy (non-hydrogen) atoms. The number of aryl methyl sites for hydroxylation is 1. The smallest absolute Gasteiger partial charge is 0.263 e. The molecule has 1 amide bonds. The molecule has 0 aliphatic carbocycles. The minimum Gasteiger partial charge on any atom is -0.397 e. The molecule has 0 radical (unpaired) electrons. The number of carbonyl (C=O) groups is 1. The summed E-state index contributed by atoms with van der Waals surface area (Å²) in [6.07, 6.45) is 0. The first-order chi connectivity index (χ1) is 10.1. The van der Waals surface area contributed by atoms with Crippen molar-refractivity contribution in [2.24, 2.45) is 0 Å². The maximum Gasteiger partial charge on any atom is 0.263 e. The van der Waals surface area contributed by atoms with Crippen LogP contribution >= 0.6 is 38.6 Å². The zero-order valence-corrected chi connectivity index (χ0v) is 14.5. The first-order valence-corrected chi connectivity index (χ1v) is 8.84. The van der Waals surface area contributed by atoms with Gasteiger partial charge in [0.15, 0.2) is 0 Å². The summed E-state index contributed by atoms with van der Waals surface area (Å²) in [5.41, 5.74) is 7.84. The largest absolute Gasteiger partial charge is 0.397 e. The summed E-state index contributed by atoms with van der Waals surface area (Å²) in [5.74, 6) is -0.113. The highest BCUT2D eigenvalue weighted by Crippen LogP contribution is 2.35. The first kappa shape index (κ1) is 14.6. The predicted molar refractivity (Wildman–Crippen MR) is 94.2 cm³/mol. The summed E-state index contributed by atoms with van der Waals surface area (Å²) in [7, 11) is 0. The third-order valence-electron chi connectivity index (χ3n) is 3.20. The second kappa shape index (κ2) is 5.79. The van der Waals surface area contributed by atoms with Crippen LogP contribution < -0.4 is 11.1 Å². The number of nitrogens with one attached hydrogen (secondary N) is 1. The molecule has 0 aliphatic heterocycles. The zero-order chi connectivity index (χ0) is 15.0. The molecular formula is C15H13BrN2OS2. The summed E-state index contributed by atoms with van der Waals surface area (Å²) in [5, 5.41) is 5.89. The van der Waals surface area contributed by atoms with Crippen molar-refractivity contribution in [3.05, 3.63) is 49.4 Å². The van der Waals surface area contributed by atoms with Gasteiger partial charge in [-0.3, -0.25) is 4.79 Å². The van der Waals surface area contributed by atoms with Crippen molar-refractivity contribution in [2.75, 3.05) is 5.73 Å². The third-order valence-corrected chi connectivity index (χ3v) is 6.26. The maximum atomic E-state index is 12.3. The van der Waals surface area contributed by atoms with Crippen molar-refractivity contribution in [1.82, 2.24) is 5.32 Å². The van der Waals surface area contributed by atoms with Crippen LogP contribution in [-0.2, 0) is 6.54 Å². The zero-order valence-electron chi connectivity index (χ0n) is 11.3. The highest BCUT2D eigenvalue weighted by atomic mass is 79.9. The molecule has 2 aromatic heterocycles. The molecule has 3 rings (SSSR count). The number of halogens is 1. The van der Waals surface area contributed by atoms with Gasteiger partial charge in [0.1, 0.15) is 4.88 Å². The number of benzene rings is 1. The van der Waals surface area contributed by atoms with Crippen LogP contribution in [0.2, 0.25) is 0 Å². The Morgan fingerprint density at radius 2 is 2.24 bits per heavy atom. The lowest BCUT2D eigenvalue weighted by molar-refractivity contribution is 0.0956. The topological polar surface area (TPSA) is 55.1 Å². The molecule has 0 saturated carbocycles. The molecule has 3 aromatic rings. The lowest BCUT2D eigenvalue weighted by Gasteiger charge is -2.02. The van der Waals surface area contributed by atoms with Crippen molar-refractivity contribution < 1.29 is 4.79 Å². The van der Waals surface area contributed by atoms with E-state index in [9.17, 15) is 4.79 Å². The van der Waals surface area contributed by atoms with E-state index in [1.807, 2.05) is 36.6 Å². The number of carbonyl (C=O) groups excluding carboxylic acids is 1. The van der Waals surface area contributed by atoms with E-state index in [4.69, 9.17) is 5.73 Å². The van der Waals surface area contributed by atoms with Gasteiger partial charge < -0.3 is 11.1 Å². The number of anilines is 1. The Balaban J connectivity index is 1.84. The lowest BCUT2D eigenvalue weighted by atomic mass is 10.1. The van der Waals surface area contributed by atoms with Gasteiger partial charge in [0.05, 0.1) is 12.2 Å². The minimum absolute atomic E-state index is 0.113. The quantitative estimate of drug-likeness (QED) is 0.700. The number of hydrogen-bond acceptors (Lipinski definition) is 4. The van der Waals surface area contributed by atoms with E-state index in [0.29, 0.717) is 17.1 Å². The fraction of sp³-hybridized carbons (Fsp3) is 0.133. The van der Waals surface area contributed by atoms with Crippen LogP contribution in [0.15, 0.2) is 34.1 Å². The molecule has 3 nitrogen and oxygen atoms in total. The van der Waals surface area contributed by atoms with Crippen molar-refractivity contribution in [2.45, 2.75) is 13.5 Å². The minimum atomic E-state index is -0.113. The molecule has 0 atom stereocenters. The molecular weight excluding hydrogens is 368 g/mol. The van der Waals surface area contributed by atoms with Crippen molar-refractivity contribution >= 4 is 60.3 Å². The second-order valence-electron chi connectivity index (χ2n) is 4.71. The summed E-state index contributed by atoms with van der Waals surface area (Å²) >= 11 is 6.47. The summed E-state index contributed by atoms with van der Waals surface area (Å²) in [6.45, 7) is 2.55. The summed E-state index contributed by atoms with van der Waals surface area (Å²) in [6, 6.07) is 7.96. The van der Waals surface area contributed by atoms with E-state index in [1.165, 1.54) is 11.3 Å². The van der Waals surface area contributed by atoms with Crippen molar-refractivity contribution in [1.29, 1.82) is 0 Å². The number of nitrogens with two attached hydrogens (primary N) is 1. The van der Waals surface area contributed by atoms with E-state index < -0.39 is 0 Å². The molecule has 0 saturated heterocycles. The number of fused-ring (bicyclic) bond motifs is 1. The Kier molecular flexibility index (Phi) is 4.01. The number of rotatable bonds is 3. The summed E-state index contributed by atoms with van der Waals surface area (Å²) < 4.78 is 2.12. The summed E-state index contributed by atoms with van der Waals surface area (Å²) in [4.78, 5) is 14.0. The molecule has 108 valence electrons. The van der Waals surface area contributed by atoms with Crippen LogP contribution in [0.25, 0.3) is 10.1 Å². The molecule has 6 heteroatoms. The Labute approximate surface area is 138 Å². The monoisotopic (exact) mass is 380 g/mol. The molecule has 0 spiro atoms. The Morgan fingerprint density at radius 3 is 2.90 bits per heavy atom. The van der Waals surface area contributed by atoms with Crippen LogP contribution in [0.3, 0.4) is 0 Å². The highest BCUT2D eigenvalue weighted by Gasteiger charge is 2.17. The van der Waals surface area contributed by atoms with E-state index in [2.05, 4.69) is 21.2 Å². The van der Waals surface area contributed by atoms with Crippen LogP contribution in [0.5, 0.6) is 0 Å². The molecule has 0 bridgehead atoms.